The van der Waals surface area contributed by atoms with Crippen LogP contribution >= 0.6 is 0 Å². The maximum absolute atomic E-state index is 11.0. The van der Waals surface area contributed by atoms with Crippen molar-refractivity contribution >= 4 is 5.91 Å². The van der Waals surface area contributed by atoms with E-state index in [0.29, 0.717) is 6.54 Å². The monoisotopic (exact) mass is 173 g/mol. The van der Waals surface area contributed by atoms with E-state index in [2.05, 4.69) is 17.7 Å². The summed E-state index contributed by atoms with van der Waals surface area (Å²) in [4.78, 5) is 11.0. The Balaban J connectivity index is 3.22. The number of carbonyl (C=O) groups is 1. The van der Waals surface area contributed by atoms with Gasteiger partial charge in [0.1, 0.15) is 0 Å². The largest absolute Gasteiger partial charge is 0.355 e. The smallest absolute Gasteiger partial charge is 0.235 e. The zero-order valence-corrected chi connectivity index (χ0v) is 8.18. The van der Waals surface area contributed by atoms with E-state index < -0.39 is 0 Å². The van der Waals surface area contributed by atoms with E-state index in [-0.39, 0.29) is 5.91 Å². The Bertz CT molecular complexity index is 125. The first-order valence-corrected chi connectivity index (χ1v) is 4.34. The van der Waals surface area contributed by atoms with Crippen LogP contribution in [0.1, 0.15) is 19.8 Å². The molecule has 72 valence electrons. The van der Waals surface area contributed by atoms with Gasteiger partial charge < -0.3 is 5.32 Å². The second-order valence-electron chi connectivity index (χ2n) is 2.93. The molecule has 1 amide bonds. The van der Waals surface area contributed by atoms with Gasteiger partial charge in [-0.15, -0.1) is 0 Å². The average molecular weight is 173 g/mol. The van der Waals surface area contributed by atoms with Gasteiger partial charge >= 0.3 is 0 Å². The molecule has 4 nitrogen and oxygen atoms in total. The van der Waals surface area contributed by atoms with Gasteiger partial charge in [-0.2, -0.15) is 0 Å². The fourth-order valence-electron chi connectivity index (χ4n) is 0.697. The molecule has 0 saturated heterocycles. The van der Waals surface area contributed by atoms with Crippen molar-refractivity contribution in [2.45, 2.75) is 19.8 Å². The Labute approximate surface area is 74.3 Å². The highest BCUT2D eigenvalue weighted by molar-refractivity contribution is 5.77. The van der Waals surface area contributed by atoms with E-state index in [1.165, 1.54) is 0 Å². The summed E-state index contributed by atoms with van der Waals surface area (Å²) >= 11 is 0. The highest BCUT2D eigenvalue weighted by atomic mass is 16.2. The molecule has 0 spiro atoms. The zero-order valence-electron chi connectivity index (χ0n) is 8.18. The number of unbranched alkanes of at least 4 members (excludes halogenated alkanes) is 1. The van der Waals surface area contributed by atoms with E-state index >= 15 is 0 Å². The van der Waals surface area contributed by atoms with E-state index in [1.54, 1.807) is 5.01 Å². The molecule has 0 unspecified atom stereocenters. The van der Waals surface area contributed by atoms with Gasteiger partial charge in [-0.3, -0.25) is 9.80 Å². The summed E-state index contributed by atoms with van der Waals surface area (Å²) in [5, 5.41) is 4.57. The Kier molecular flexibility index (Phi) is 6.70. The van der Waals surface area contributed by atoms with Gasteiger partial charge in [0, 0.05) is 20.6 Å². The molecule has 0 aliphatic heterocycles. The highest BCUT2D eigenvalue weighted by Crippen LogP contribution is 1.81. The summed E-state index contributed by atoms with van der Waals surface area (Å²) in [7, 11) is 3.72. The number of carbonyl (C=O) groups excluding carboxylic acids is 1. The predicted molar refractivity (Wildman–Crippen MR) is 49.6 cm³/mol. The van der Waals surface area contributed by atoms with Crippen LogP contribution in [-0.4, -0.2) is 38.1 Å². The second-order valence-corrected chi connectivity index (χ2v) is 2.93. The Morgan fingerprint density at radius 2 is 2.08 bits per heavy atom. The maximum Gasteiger partial charge on any atom is 0.235 e. The molecule has 0 saturated carbocycles. The highest BCUT2D eigenvalue weighted by Gasteiger charge is 1.98. The number of hydrogen-bond acceptors (Lipinski definition) is 3. The number of hydrogen-bond donors (Lipinski definition) is 2. The molecule has 4 heteroatoms. The first-order chi connectivity index (χ1) is 5.66. The molecule has 0 bridgehead atoms. The summed E-state index contributed by atoms with van der Waals surface area (Å²) in [5.74, 6) is 0.0529. The second kappa shape index (κ2) is 7.06. The lowest BCUT2D eigenvalue weighted by Crippen LogP contribution is -2.40. The molecule has 0 aliphatic rings. The molecule has 0 heterocycles. The molecule has 0 rings (SSSR count). The van der Waals surface area contributed by atoms with Crippen molar-refractivity contribution in [1.82, 2.24) is 15.8 Å². The van der Waals surface area contributed by atoms with Crippen LogP contribution in [0.4, 0.5) is 0 Å². The molecule has 0 atom stereocenters. The van der Waals surface area contributed by atoms with Gasteiger partial charge in [-0.1, -0.05) is 13.3 Å². The lowest BCUT2D eigenvalue weighted by Gasteiger charge is -2.11. The Morgan fingerprint density at radius 1 is 1.42 bits per heavy atom. The molecule has 0 aromatic rings. The zero-order chi connectivity index (χ0) is 9.40. The van der Waals surface area contributed by atoms with Crippen molar-refractivity contribution < 1.29 is 4.79 Å². The summed E-state index contributed by atoms with van der Waals surface area (Å²) in [6.45, 7) is 3.24. The molecular weight excluding hydrogens is 154 g/mol. The number of rotatable bonds is 6. The van der Waals surface area contributed by atoms with Crippen molar-refractivity contribution in [3.05, 3.63) is 0 Å². The van der Waals surface area contributed by atoms with Crippen LogP contribution in [0.15, 0.2) is 0 Å². The molecule has 0 aliphatic carbocycles. The van der Waals surface area contributed by atoms with Crippen LogP contribution < -0.4 is 10.7 Å². The number of amides is 1. The van der Waals surface area contributed by atoms with Crippen LogP contribution in [0.5, 0.6) is 0 Å². The lowest BCUT2D eigenvalue weighted by atomic mass is 10.3. The van der Waals surface area contributed by atoms with Crippen LogP contribution in [0.25, 0.3) is 0 Å². The minimum Gasteiger partial charge on any atom is -0.355 e. The molecule has 0 fully saturated rings. The van der Waals surface area contributed by atoms with E-state index in [0.717, 1.165) is 19.4 Å². The quantitative estimate of drug-likeness (QED) is 0.438. The fourth-order valence-corrected chi connectivity index (χ4v) is 0.697. The number of nitrogens with one attached hydrogen (secondary N) is 2. The van der Waals surface area contributed by atoms with E-state index in [9.17, 15) is 4.79 Å². The van der Waals surface area contributed by atoms with Gasteiger partial charge in [-0.05, 0) is 6.42 Å². The Hall–Kier alpha value is -0.610. The van der Waals surface area contributed by atoms with Crippen LogP contribution in [0, 0.1) is 0 Å². The summed E-state index contributed by atoms with van der Waals surface area (Å²) < 4.78 is 0. The third-order valence-electron chi connectivity index (χ3n) is 1.41. The van der Waals surface area contributed by atoms with E-state index in [4.69, 9.17) is 0 Å². The molecular formula is C8H19N3O. The Morgan fingerprint density at radius 3 is 2.58 bits per heavy atom. The normalized spacial score (nSPS) is 10.3. The molecule has 0 aromatic heterocycles. The van der Waals surface area contributed by atoms with Crippen molar-refractivity contribution in [2.75, 3.05) is 27.2 Å². The van der Waals surface area contributed by atoms with Crippen LogP contribution in [0.3, 0.4) is 0 Å². The lowest BCUT2D eigenvalue weighted by molar-refractivity contribution is -0.120. The first kappa shape index (κ1) is 11.4. The third kappa shape index (κ3) is 7.50. The van der Waals surface area contributed by atoms with Gasteiger partial charge in [0.15, 0.2) is 0 Å². The minimum atomic E-state index is 0.0529. The van der Waals surface area contributed by atoms with E-state index in [1.807, 2.05) is 14.1 Å². The fraction of sp³-hybridized carbons (Fsp3) is 0.875. The van der Waals surface area contributed by atoms with Crippen molar-refractivity contribution in [3.8, 4) is 0 Å². The third-order valence-corrected chi connectivity index (χ3v) is 1.41. The van der Waals surface area contributed by atoms with Crippen LogP contribution in [0.2, 0.25) is 0 Å². The van der Waals surface area contributed by atoms with Crippen LogP contribution in [-0.2, 0) is 4.79 Å². The molecule has 0 radical (unpaired) electrons. The van der Waals surface area contributed by atoms with Gasteiger partial charge in [0.05, 0.1) is 6.54 Å². The molecule has 0 aromatic carbocycles. The van der Waals surface area contributed by atoms with Crippen molar-refractivity contribution in [3.63, 3.8) is 0 Å². The predicted octanol–water partition coefficient (Wildman–Crippen LogP) is -0.0311. The van der Waals surface area contributed by atoms with Crippen molar-refractivity contribution in [1.29, 1.82) is 0 Å². The minimum absolute atomic E-state index is 0.0529. The standard InChI is InChI=1S/C8H19N3O/c1-4-5-6-9-8(12)7-10-11(2)3/h10H,4-7H2,1-3H3,(H,9,12). The maximum atomic E-state index is 11.0. The summed E-state index contributed by atoms with van der Waals surface area (Å²) in [6.07, 6.45) is 2.16. The summed E-state index contributed by atoms with van der Waals surface area (Å²) in [5.41, 5.74) is 2.89. The average Bonchev–Trinajstić information content (AvgIpc) is 2.01. The molecule has 12 heavy (non-hydrogen) atoms. The SMILES string of the molecule is CCCCNC(=O)CNN(C)C. The first-order valence-electron chi connectivity index (χ1n) is 4.34. The topological polar surface area (TPSA) is 44.4 Å². The summed E-state index contributed by atoms with van der Waals surface area (Å²) in [6, 6.07) is 0. The van der Waals surface area contributed by atoms with Gasteiger partial charge in [-0.25, -0.2) is 5.43 Å². The number of nitrogens with zero attached hydrogens (tertiary/aromatic N) is 1. The van der Waals surface area contributed by atoms with Gasteiger partial charge in [0.25, 0.3) is 0 Å². The number of hydrazine groups is 1. The molecule has 2 N–H and O–H groups in total. The van der Waals surface area contributed by atoms with Crippen molar-refractivity contribution in [2.24, 2.45) is 0 Å². The van der Waals surface area contributed by atoms with Gasteiger partial charge in [0.2, 0.25) is 5.91 Å².